The molecule has 27 heavy (non-hydrogen) atoms. The lowest BCUT2D eigenvalue weighted by molar-refractivity contribution is -0.129. The second-order valence-corrected chi connectivity index (χ2v) is 7.32. The molecule has 2 heterocycles. The van der Waals surface area contributed by atoms with Gasteiger partial charge in [0.05, 0.1) is 31.8 Å². The topological polar surface area (TPSA) is 53.0 Å². The molecule has 5 heteroatoms. The Balaban J connectivity index is 1.36. The Kier molecular flexibility index (Phi) is 5.53. The van der Waals surface area contributed by atoms with Gasteiger partial charge in [-0.25, -0.2) is 0 Å². The van der Waals surface area contributed by atoms with Gasteiger partial charge >= 0.3 is 0 Å². The molecule has 2 aliphatic rings. The number of amides is 1. The largest absolute Gasteiger partial charge is 0.390 e. The van der Waals surface area contributed by atoms with Gasteiger partial charge in [-0.15, -0.1) is 0 Å². The van der Waals surface area contributed by atoms with Gasteiger partial charge < -0.3 is 14.7 Å². The molecule has 2 aromatic carbocycles. The number of carbonyl (C=O) groups excluding carboxylic acids is 1. The Bertz CT molecular complexity index is 757. The Morgan fingerprint density at radius 2 is 1.63 bits per heavy atom. The summed E-state index contributed by atoms with van der Waals surface area (Å²) in [5, 5.41) is 10.4. The van der Waals surface area contributed by atoms with E-state index in [2.05, 4.69) is 29.2 Å². The van der Waals surface area contributed by atoms with Gasteiger partial charge in [0.25, 0.3) is 0 Å². The van der Waals surface area contributed by atoms with Crippen molar-refractivity contribution in [2.45, 2.75) is 18.6 Å². The summed E-state index contributed by atoms with van der Waals surface area (Å²) in [6, 6.07) is 18.4. The minimum atomic E-state index is -0.479. The van der Waals surface area contributed by atoms with Crippen LogP contribution in [0.1, 0.15) is 5.56 Å². The Morgan fingerprint density at radius 3 is 2.33 bits per heavy atom. The van der Waals surface area contributed by atoms with Crippen LogP contribution in [-0.2, 0) is 16.0 Å². The molecule has 0 saturated carbocycles. The number of rotatable bonds is 4. The van der Waals surface area contributed by atoms with Gasteiger partial charge in [0.2, 0.25) is 5.91 Å². The van der Waals surface area contributed by atoms with Crippen molar-refractivity contribution in [2.24, 2.45) is 0 Å². The molecule has 1 amide bonds. The van der Waals surface area contributed by atoms with Crippen molar-refractivity contribution in [3.8, 4) is 11.1 Å². The maximum atomic E-state index is 12.7. The summed E-state index contributed by atoms with van der Waals surface area (Å²) in [6.07, 6.45) is -0.107. The Hall–Kier alpha value is -2.21. The van der Waals surface area contributed by atoms with Gasteiger partial charge in [0, 0.05) is 26.2 Å². The lowest BCUT2D eigenvalue weighted by atomic mass is 10.0. The monoisotopic (exact) mass is 366 g/mol. The van der Waals surface area contributed by atoms with E-state index in [1.54, 1.807) is 4.90 Å². The van der Waals surface area contributed by atoms with E-state index < -0.39 is 6.10 Å². The average Bonchev–Trinajstić information content (AvgIpc) is 3.12. The van der Waals surface area contributed by atoms with Gasteiger partial charge in [-0.2, -0.15) is 0 Å². The zero-order valence-electron chi connectivity index (χ0n) is 15.5. The minimum Gasteiger partial charge on any atom is -0.390 e. The molecule has 5 nitrogen and oxygen atoms in total. The molecule has 4 rings (SSSR count). The highest BCUT2D eigenvalue weighted by Crippen LogP contribution is 2.21. The number of aliphatic hydroxyl groups excluding tert-OH is 1. The first-order valence-electron chi connectivity index (χ1n) is 9.63. The van der Waals surface area contributed by atoms with E-state index in [0.717, 1.165) is 24.2 Å². The maximum Gasteiger partial charge on any atom is 0.227 e. The number of morpholine rings is 1. The number of nitrogens with zero attached hydrogens (tertiary/aromatic N) is 2. The molecular weight excluding hydrogens is 340 g/mol. The number of benzene rings is 2. The van der Waals surface area contributed by atoms with Crippen LogP contribution in [0, 0.1) is 0 Å². The van der Waals surface area contributed by atoms with Crippen LogP contribution in [0.25, 0.3) is 11.1 Å². The fraction of sp³-hybridized carbons (Fsp3) is 0.409. The molecule has 2 aromatic rings. The number of hydrogen-bond acceptors (Lipinski definition) is 4. The quantitative estimate of drug-likeness (QED) is 0.897. The number of hydrogen-bond donors (Lipinski definition) is 1. The minimum absolute atomic E-state index is 0.0262. The second kappa shape index (κ2) is 8.21. The van der Waals surface area contributed by atoms with Crippen molar-refractivity contribution in [3.05, 3.63) is 60.2 Å². The van der Waals surface area contributed by atoms with Crippen LogP contribution in [0.3, 0.4) is 0 Å². The van der Waals surface area contributed by atoms with Crippen molar-refractivity contribution in [3.63, 3.8) is 0 Å². The highest BCUT2D eigenvalue weighted by Gasteiger charge is 2.37. The van der Waals surface area contributed by atoms with E-state index in [1.807, 2.05) is 30.3 Å². The van der Waals surface area contributed by atoms with Crippen molar-refractivity contribution in [2.75, 3.05) is 39.4 Å². The lowest BCUT2D eigenvalue weighted by Crippen LogP contribution is -2.49. The number of likely N-dealkylation sites (tertiary alicyclic amines) is 1. The van der Waals surface area contributed by atoms with Gasteiger partial charge in [-0.05, 0) is 16.7 Å². The Labute approximate surface area is 160 Å². The average molecular weight is 366 g/mol. The first-order chi connectivity index (χ1) is 13.2. The molecule has 142 valence electrons. The zero-order valence-corrected chi connectivity index (χ0v) is 15.5. The standard InChI is InChI=1S/C22H26N2O3/c25-21-16-24(15-20(21)23-10-12-27-13-11-23)22(26)14-17-6-8-19(9-7-17)18-4-2-1-3-5-18/h1-9,20-21,25H,10-16H2/t20-,21-/m1/s1. The van der Waals surface area contributed by atoms with E-state index >= 15 is 0 Å². The van der Waals surface area contributed by atoms with Crippen LogP contribution in [0.5, 0.6) is 0 Å². The van der Waals surface area contributed by atoms with Crippen LogP contribution >= 0.6 is 0 Å². The maximum absolute atomic E-state index is 12.7. The molecule has 0 bridgehead atoms. The summed E-state index contributed by atoms with van der Waals surface area (Å²) in [5.41, 5.74) is 3.33. The van der Waals surface area contributed by atoms with Crippen LogP contribution in [0.15, 0.2) is 54.6 Å². The fourth-order valence-electron chi connectivity index (χ4n) is 3.97. The lowest BCUT2D eigenvalue weighted by Gasteiger charge is -2.33. The predicted molar refractivity (Wildman–Crippen MR) is 104 cm³/mol. The summed E-state index contributed by atoms with van der Waals surface area (Å²) in [6.45, 7) is 4.07. The molecule has 1 N–H and O–H groups in total. The highest BCUT2D eigenvalue weighted by atomic mass is 16.5. The van der Waals surface area contributed by atoms with Crippen LogP contribution < -0.4 is 0 Å². The third kappa shape index (κ3) is 4.21. The fourth-order valence-corrected chi connectivity index (χ4v) is 3.97. The molecule has 0 radical (unpaired) electrons. The number of β-amino-alcohol motifs (C(OH)–C–C–N with tert-alkyl or cyclic N) is 1. The molecule has 2 fully saturated rings. The van der Waals surface area contributed by atoms with Gasteiger partial charge in [-0.1, -0.05) is 54.6 Å². The van der Waals surface area contributed by atoms with Crippen LogP contribution in [-0.4, -0.2) is 72.4 Å². The van der Waals surface area contributed by atoms with E-state index in [9.17, 15) is 9.90 Å². The summed E-state index contributed by atoms with van der Waals surface area (Å²) >= 11 is 0. The van der Waals surface area contributed by atoms with Crippen LogP contribution in [0.4, 0.5) is 0 Å². The number of aliphatic hydroxyl groups is 1. The molecule has 2 saturated heterocycles. The number of carbonyl (C=O) groups is 1. The SMILES string of the molecule is O=C(Cc1ccc(-c2ccccc2)cc1)N1C[C@@H](O)[C@H](N2CCOCC2)C1. The Morgan fingerprint density at radius 1 is 0.963 bits per heavy atom. The molecular formula is C22H26N2O3. The summed E-state index contributed by atoms with van der Waals surface area (Å²) in [4.78, 5) is 16.8. The van der Waals surface area contributed by atoms with E-state index in [-0.39, 0.29) is 11.9 Å². The van der Waals surface area contributed by atoms with Gasteiger partial charge in [0.1, 0.15) is 0 Å². The molecule has 2 atom stereocenters. The molecule has 0 unspecified atom stereocenters. The molecule has 0 spiro atoms. The summed E-state index contributed by atoms with van der Waals surface area (Å²) < 4.78 is 5.39. The third-order valence-corrected chi connectivity index (χ3v) is 5.54. The van der Waals surface area contributed by atoms with Crippen molar-refractivity contribution >= 4 is 5.91 Å². The smallest absolute Gasteiger partial charge is 0.227 e. The molecule has 2 aliphatic heterocycles. The third-order valence-electron chi connectivity index (χ3n) is 5.54. The zero-order chi connectivity index (χ0) is 18.6. The van der Waals surface area contributed by atoms with Crippen molar-refractivity contribution in [1.82, 2.24) is 9.80 Å². The van der Waals surface area contributed by atoms with E-state index in [0.29, 0.717) is 32.7 Å². The van der Waals surface area contributed by atoms with Gasteiger partial charge in [-0.3, -0.25) is 9.69 Å². The van der Waals surface area contributed by atoms with E-state index in [1.165, 1.54) is 5.56 Å². The van der Waals surface area contributed by atoms with E-state index in [4.69, 9.17) is 4.74 Å². The van der Waals surface area contributed by atoms with Crippen molar-refractivity contribution in [1.29, 1.82) is 0 Å². The van der Waals surface area contributed by atoms with Gasteiger partial charge in [0.15, 0.2) is 0 Å². The summed E-state index contributed by atoms with van der Waals surface area (Å²) in [5.74, 6) is 0.0808. The van der Waals surface area contributed by atoms with Crippen molar-refractivity contribution < 1.29 is 14.6 Å². The molecule has 0 aliphatic carbocycles. The number of ether oxygens (including phenoxy) is 1. The summed E-state index contributed by atoms with van der Waals surface area (Å²) in [7, 11) is 0. The first kappa shape index (κ1) is 18.2. The second-order valence-electron chi connectivity index (χ2n) is 7.32. The normalized spacial score (nSPS) is 23.5. The molecule has 0 aromatic heterocycles. The predicted octanol–water partition coefficient (Wildman–Crippen LogP) is 1.80. The highest BCUT2D eigenvalue weighted by molar-refractivity contribution is 5.79. The van der Waals surface area contributed by atoms with Crippen LogP contribution in [0.2, 0.25) is 0 Å². The first-order valence-corrected chi connectivity index (χ1v) is 9.63.